The Hall–Kier alpha value is -3.91. The van der Waals surface area contributed by atoms with Gasteiger partial charge in [-0.15, -0.1) is 23.5 Å². The number of fused-ring (bicyclic) bond motifs is 2. The second-order valence-corrected chi connectivity index (χ2v) is 12.3. The minimum Gasteiger partial charge on any atom is -0.323 e. The van der Waals surface area contributed by atoms with E-state index < -0.39 is 5.25 Å². The van der Waals surface area contributed by atoms with Gasteiger partial charge in [0.2, 0.25) is 5.91 Å². The molecule has 4 aromatic carbocycles. The summed E-state index contributed by atoms with van der Waals surface area (Å²) in [4.78, 5) is 31.0. The number of allylic oxidation sites excluding steroid dienone is 2. The minimum absolute atomic E-state index is 0.0894. The van der Waals surface area contributed by atoms with Crippen molar-refractivity contribution in [3.63, 3.8) is 0 Å². The van der Waals surface area contributed by atoms with E-state index in [1.807, 2.05) is 102 Å². The number of hydrogen-bond donors (Lipinski definition) is 2. The summed E-state index contributed by atoms with van der Waals surface area (Å²) in [7, 11) is 0. The molecule has 2 N–H and O–H groups in total. The molecule has 1 heterocycles. The van der Waals surface area contributed by atoms with E-state index in [4.69, 9.17) is 11.6 Å². The number of para-hydroxylation sites is 2. The number of halogens is 1. The van der Waals surface area contributed by atoms with Crippen molar-refractivity contribution >= 4 is 64.1 Å². The largest absolute Gasteiger partial charge is 0.326 e. The van der Waals surface area contributed by atoms with Gasteiger partial charge in [0, 0.05) is 15.5 Å². The Morgan fingerprint density at radius 3 is 2.44 bits per heavy atom. The molecular formula is C33H26ClN3O2S2. The van der Waals surface area contributed by atoms with Gasteiger partial charge in [0.15, 0.2) is 0 Å². The van der Waals surface area contributed by atoms with Crippen LogP contribution in [-0.2, 0) is 4.79 Å². The maximum absolute atomic E-state index is 13.7. The van der Waals surface area contributed by atoms with Gasteiger partial charge in [-0.25, -0.2) is 4.79 Å². The maximum Gasteiger partial charge on any atom is 0.326 e. The Labute approximate surface area is 252 Å². The van der Waals surface area contributed by atoms with Gasteiger partial charge in [-0.3, -0.25) is 9.69 Å². The number of nitrogens with one attached hydrogen (secondary N) is 2. The smallest absolute Gasteiger partial charge is 0.323 e. The van der Waals surface area contributed by atoms with Gasteiger partial charge in [-0.05, 0) is 48.0 Å². The molecule has 3 atom stereocenters. The molecule has 0 radical (unpaired) electrons. The maximum atomic E-state index is 13.7. The van der Waals surface area contributed by atoms with Crippen LogP contribution in [0.3, 0.4) is 0 Å². The number of nitrogens with zero attached hydrogens (tertiary/aromatic N) is 1. The molecule has 3 unspecified atom stereocenters. The van der Waals surface area contributed by atoms with Crippen LogP contribution in [0.1, 0.15) is 10.8 Å². The van der Waals surface area contributed by atoms with E-state index in [9.17, 15) is 9.59 Å². The van der Waals surface area contributed by atoms with Crippen LogP contribution in [0.4, 0.5) is 21.9 Å². The topological polar surface area (TPSA) is 61.4 Å². The number of urea groups is 1. The van der Waals surface area contributed by atoms with Crippen molar-refractivity contribution in [3.05, 3.63) is 138 Å². The van der Waals surface area contributed by atoms with Crippen LogP contribution >= 0.6 is 35.1 Å². The summed E-state index contributed by atoms with van der Waals surface area (Å²) < 4.78 is 0. The van der Waals surface area contributed by atoms with Crippen LogP contribution in [0.15, 0.2) is 137 Å². The first-order valence-electron chi connectivity index (χ1n) is 13.1. The third-order valence-corrected chi connectivity index (χ3v) is 9.66. The second kappa shape index (κ2) is 12.3. The van der Waals surface area contributed by atoms with Crippen molar-refractivity contribution in [3.8, 4) is 0 Å². The second-order valence-electron chi connectivity index (χ2n) is 9.52. The standard InChI is InChI=1S/C33H26ClN3O2S2/c34-25-15-4-5-16-26(25)36-32(38)31(22-11-2-1-3-12-22)40-24-14-10-13-23(21-24)35-33(39)37-27-17-6-8-19-29(27)41-30-20-9-7-18-28(30)37/h1-21,27,29,31H,(H,35,39)(H,36,38). The summed E-state index contributed by atoms with van der Waals surface area (Å²) in [5, 5.41) is 6.16. The van der Waals surface area contributed by atoms with Gasteiger partial charge >= 0.3 is 6.03 Å². The molecule has 0 spiro atoms. The van der Waals surface area contributed by atoms with E-state index in [1.54, 1.807) is 23.9 Å². The number of carbonyl (C=O) groups is 2. The Balaban J connectivity index is 1.24. The van der Waals surface area contributed by atoms with E-state index in [-0.39, 0.29) is 23.2 Å². The normalized spacial score (nSPS) is 17.7. The summed E-state index contributed by atoms with van der Waals surface area (Å²) in [6.45, 7) is 0. The molecule has 6 rings (SSSR count). The number of rotatable bonds is 6. The van der Waals surface area contributed by atoms with Gasteiger partial charge in [0.25, 0.3) is 0 Å². The lowest BCUT2D eigenvalue weighted by atomic mass is 10.1. The third kappa shape index (κ3) is 6.07. The number of carbonyl (C=O) groups excluding carboxylic acids is 2. The van der Waals surface area contributed by atoms with E-state index in [2.05, 4.69) is 28.9 Å². The quantitative estimate of drug-likeness (QED) is 0.219. The van der Waals surface area contributed by atoms with Gasteiger partial charge in [0.05, 0.1) is 27.7 Å². The molecule has 0 aromatic heterocycles. The summed E-state index contributed by atoms with van der Waals surface area (Å²) in [6, 6.07) is 32.1. The summed E-state index contributed by atoms with van der Waals surface area (Å²) >= 11 is 9.50. The molecule has 3 amide bonds. The highest BCUT2D eigenvalue weighted by molar-refractivity contribution is 8.00. The fraction of sp³-hybridized carbons (Fsp3) is 0.0909. The van der Waals surface area contributed by atoms with Gasteiger partial charge < -0.3 is 10.6 Å². The van der Waals surface area contributed by atoms with Gasteiger partial charge in [-0.1, -0.05) is 96.6 Å². The lowest BCUT2D eigenvalue weighted by Gasteiger charge is -2.40. The van der Waals surface area contributed by atoms with Crippen molar-refractivity contribution < 1.29 is 9.59 Å². The van der Waals surface area contributed by atoms with Crippen LogP contribution in [-0.4, -0.2) is 23.2 Å². The fourth-order valence-corrected chi connectivity index (χ4v) is 7.38. The van der Waals surface area contributed by atoms with Crippen LogP contribution in [0, 0.1) is 0 Å². The van der Waals surface area contributed by atoms with Crippen molar-refractivity contribution in [1.29, 1.82) is 0 Å². The van der Waals surface area contributed by atoms with Crippen LogP contribution < -0.4 is 15.5 Å². The van der Waals surface area contributed by atoms with E-state index in [0.29, 0.717) is 16.4 Å². The molecule has 0 saturated heterocycles. The Morgan fingerprint density at radius 2 is 1.59 bits per heavy atom. The van der Waals surface area contributed by atoms with Crippen molar-refractivity contribution in [1.82, 2.24) is 0 Å². The molecule has 8 heteroatoms. The molecular weight excluding hydrogens is 570 g/mol. The summed E-state index contributed by atoms with van der Waals surface area (Å²) in [5.74, 6) is -0.186. The molecule has 0 bridgehead atoms. The average molecular weight is 596 g/mol. The Kier molecular flexibility index (Phi) is 8.19. The molecule has 0 fully saturated rings. The van der Waals surface area contributed by atoms with Crippen LogP contribution in [0.5, 0.6) is 0 Å². The highest BCUT2D eigenvalue weighted by Gasteiger charge is 2.36. The first-order valence-corrected chi connectivity index (χ1v) is 15.3. The first kappa shape index (κ1) is 27.3. The van der Waals surface area contributed by atoms with Gasteiger partial charge in [0.1, 0.15) is 5.25 Å². The van der Waals surface area contributed by atoms with Crippen molar-refractivity contribution in [2.24, 2.45) is 0 Å². The summed E-state index contributed by atoms with van der Waals surface area (Å²) in [6.07, 6.45) is 8.23. The third-order valence-electron chi connectivity index (χ3n) is 6.77. The van der Waals surface area contributed by atoms with Crippen LogP contribution in [0.2, 0.25) is 5.02 Å². The van der Waals surface area contributed by atoms with Crippen LogP contribution in [0.25, 0.3) is 0 Å². The molecule has 0 saturated carbocycles. The zero-order chi connectivity index (χ0) is 28.2. The zero-order valence-corrected chi connectivity index (χ0v) is 24.2. The predicted octanol–water partition coefficient (Wildman–Crippen LogP) is 8.82. The summed E-state index contributed by atoms with van der Waals surface area (Å²) in [5.41, 5.74) is 2.97. The first-order chi connectivity index (χ1) is 20.1. The molecule has 5 nitrogen and oxygen atoms in total. The minimum atomic E-state index is -0.538. The van der Waals surface area contributed by atoms with Gasteiger partial charge in [-0.2, -0.15) is 0 Å². The Morgan fingerprint density at radius 1 is 0.829 bits per heavy atom. The molecule has 1 aliphatic heterocycles. The number of thioether (sulfide) groups is 2. The number of amides is 3. The Bertz CT molecular complexity index is 1640. The van der Waals surface area contributed by atoms with Crippen molar-refractivity contribution in [2.45, 2.75) is 26.3 Å². The van der Waals surface area contributed by atoms with Crippen molar-refractivity contribution in [2.75, 3.05) is 15.5 Å². The van der Waals surface area contributed by atoms with E-state index in [0.717, 1.165) is 21.0 Å². The predicted molar refractivity (Wildman–Crippen MR) is 171 cm³/mol. The number of benzene rings is 4. The van der Waals surface area contributed by atoms with E-state index in [1.165, 1.54) is 11.8 Å². The molecule has 204 valence electrons. The average Bonchev–Trinajstić information content (AvgIpc) is 3.00. The lowest BCUT2D eigenvalue weighted by molar-refractivity contribution is -0.115. The van der Waals surface area contributed by atoms with E-state index >= 15 is 0 Å². The monoisotopic (exact) mass is 595 g/mol. The molecule has 4 aromatic rings. The highest BCUT2D eigenvalue weighted by atomic mass is 35.5. The SMILES string of the molecule is O=C(Nc1ccccc1Cl)C(Sc1cccc(NC(=O)N2c3ccccc3SC3C=CC=CC32)c1)c1ccccc1. The number of anilines is 3. The fourth-order valence-electron chi connectivity index (χ4n) is 4.85. The molecule has 1 aliphatic carbocycles. The molecule has 41 heavy (non-hydrogen) atoms. The molecule has 2 aliphatic rings. The number of hydrogen-bond acceptors (Lipinski definition) is 4. The zero-order valence-electron chi connectivity index (χ0n) is 21.8. The highest BCUT2D eigenvalue weighted by Crippen LogP contribution is 2.44. The lowest BCUT2D eigenvalue weighted by Crippen LogP contribution is -2.49.